The van der Waals surface area contributed by atoms with E-state index in [1.165, 1.54) is 106 Å². The summed E-state index contributed by atoms with van der Waals surface area (Å²) in [6.07, 6.45) is 14.7. The Bertz CT molecular complexity index is 3120. The second-order valence-electron chi connectivity index (χ2n) is 24.1. The molecule has 0 amide bonds. The van der Waals surface area contributed by atoms with E-state index < -0.39 is 0 Å². The van der Waals surface area contributed by atoms with Gasteiger partial charge in [-0.25, -0.2) is 0 Å². The number of ketones is 1. The number of methoxy groups -OCH3 is 1. The van der Waals surface area contributed by atoms with Gasteiger partial charge >= 0.3 is 0 Å². The van der Waals surface area contributed by atoms with Gasteiger partial charge in [-0.05, 0) is 185 Å². The van der Waals surface area contributed by atoms with Crippen LogP contribution < -0.4 is 4.74 Å². The normalized spacial score (nSPS) is 14.5. The Morgan fingerprint density at radius 1 is 0.506 bits per heavy atom. The summed E-state index contributed by atoms with van der Waals surface area (Å²) in [6.45, 7) is 37.9. The van der Waals surface area contributed by atoms with E-state index in [2.05, 4.69) is 176 Å². The first-order valence-electron chi connectivity index (χ1n) is 31.9. The molecular weight excluding hydrogens is 1100 g/mol. The highest BCUT2D eigenvalue weighted by molar-refractivity contribution is 7.99. The molecule has 0 saturated heterocycles. The number of rotatable bonds is 20. The zero-order valence-electron chi connectivity index (χ0n) is 55.3. The highest BCUT2D eigenvalue weighted by Gasteiger charge is 2.36. The quantitative estimate of drug-likeness (QED) is 0.0563. The fraction of sp³-hybridized carbons (Fsp3) is 0.306. The van der Waals surface area contributed by atoms with Crippen LogP contribution in [0.15, 0.2) is 297 Å². The molecule has 8 aromatic carbocycles. The SMILES string of the molecule is C=C(C)C(OC)c1ccccc1.C=C(C)CCC1CCC2CCCCC21.C=C(C)CCc1ccccc1.C=C(C)COc1ccccc1.C=C(C)CSc1ccccc1.C=C(C)c1cccc2ccccc12.CC(=O)CC(c1ccccc1)c1ccccc1. The second-order valence-corrected chi connectivity index (χ2v) is 25.1. The van der Waals surface area contributed by atoms with Gasteiger partial charge < -0.3 is 9.47 Å². The summed E-state index contributed by atoms with van der Waals surface area (Å²) >= 11 is 1.83. The molecule has 2 aliphatic rings. The van der Waals surface area contributed by atoms with Gasteiger partial charge in [0.05, 0.1) is 0 Å². The number of hydrogen-bond donors (Lipinski definition) is 0. The number of allylic oxidation sites excluding steroid dienone is 3. The average molecular weight is 1210 g/mol. The first kappa shape index (κ1) is 73.7. The van der Waals surface area contributed by atoms with Crippen molar-refractivity contribution in [3.05, 3.63) is 320 Å². The van der Waals surface area contributed by atoms with Gasteiger partial charge in [0.25, 0.3) is 0 Å². The van der Waals surface area contributed by atoms with Crippen LogP contribution in [0.5, 0.6) is 5.75 Å². The number of Topliss-reactive ketones (excluding diaryl/α,β-unsaturated/α-hetero) is 1. The zero-order chi connectivity index (χ0) is 64.6. The van der Waals surface area contributed by atoms with Crippen molar-refractivity contribution in [3.63, 3.8) is 0 Å². The summed E-state index contributed by atoms with van der Waals surface area (Å²) < 4.78 is 10.7. The molecule has 0 heterocycles. The molecule has 2 fully saturated rings. The van der Waals surface area contributed by atoms with Crippen LogP contribution in [-0.2, 0) is 16.0 Å². The molecule has 8 aromatic rings. The minimum atomic E-state index is 0.0335. The van der Waals surface area contributed by atoms with E-state index in [0.717, 1.165) is 64.4 Å². The molecule has 0 aromatic heterocycles. The summed E-state index contributed by atoms with van der Waals surface area (Å²) in [7, 11) is 1.70. The molecule has 0 bridgehead atoms. The lowest BCUT2D eigenvalue weighted by Gasteiger charge is -2.29. The molecule has 4 heteroatoms. The number of fused-ring (bicyclic) bond motifs is 2. The first-order valence-corrected chi connectivity index (χ1v) is 32.9. The molecule has 0 spiro atoms. The predicted molar refractivity (Wildman–Crippen MR) is 390 cm³/mol. The number of aryl methyl sites for hydroxylation is 1. The third-order valence-corrected chi connectivity index (χ3v) is 16.7. The van der Waals surface area contributed by atoms with Crippen molar-refractivity contribution in [2.45, 2.75) is 136 Å². The van der Waals surface area contributed by atoms with E-state index in [4.69, 9.17) is 9.47 Å². The molecule has 4 atom stereocenters. The highest BCUT2D eigenvalue weighted by atomic mass is 32.2. The third kappa shape index (κ3) is 30.3. The Morgan fingerprint density at radius 2 is 1.00 bits per heavy atom. The first-order chi connectivity index (χ1) is 42.9. The van der Waals surface area contributed by atoms with E-state index in [0.29, 0.717) is 13.0 Å². The lowest BCUT2D eigenvalue weighted by atomic mass is 9.77. The van der Waals surface area contributed by atoms with Crippen LogP contribution in [-0.4, -0.2) is 25.3 Å². The van der Waals surface area contributed by atoms with E-state index >= 15 is 0 Å². The van der Waals surface area contributed by atoms with Crippen LogP contribution in [0.1, 0.15) is 153 Å². The predicted octanol–water partition coefficient (Wildman–Crippen LogP) is 24.4. The third-order valence-electron chi connectivity index (χ3n) is 15.5. The molecule has 2 aliphatic carbocycles. The summed E-state index contributed by atoms with van der Waals surface area (Å²) in [6, 6.07) is 75.8. The standard InChI is InChI=1S/C16H16O.C14H24.C13H12.C11H14O.C11H14.C10H12O.C10H12S/c1-13(17)12-16(14-8-4-2-5-9-14)15-10-6-3-7-11-15;1-11(2)7-8-13-10-9-12-5-3-4-6-14(12)13;1-10(2)12-9-5-7-11-6-3-4-8-13(11)12;1-9(2)11(12-3)10-7-5-4-6-8-10;1-10(2)8-9-11-6-4-3-5-7-11;2*1-9(2)8-11-10-6-4-3-5-7-10/h2-11,16H,12H2,1H3;12-14H,1,3-10H2,2H3;3-9H,1H2,2H3;4-8,11H,1H2,2-3H3;3-7H,1,8-9H2,2H3;2*3-7H,1,8H2,2H3. The molecule has 2 saturated carbocycles. The van der Waals surface area contributed by atoms with E-state index in [-0.39, 0.29) is 17.8 Å². The Hall–Kier alpha value is -7.76. The molecule has 10 rings (SSSR count). The van der Waals surface area contributed by atoms with Crippen molar-refractivity contribution in [1.29, 1.82) is 0 Å². The number of para-hydroxylation sites is 1. The van der Waals surface area contributed by atoms with Gasteiger partial charge in [-0.1, -0.05) is 268 Å². The van der Waals surface area contributed by atoms with Gasteiger partial charge in [-0.2, -0.15) is 0 Å². The van der Waals surface area contributed by atoms with Crippen LogP contribution in [0.25, 0.3) is 16.3 Å². The van der Waals surface area contributed by atoms with E-state index in [1.807, 2.05) is 142 Å². The number of carbonyl (C=O) groups excluding carboxylic acids is 1. The minimum Gasteiger partial charge on any atom is -0.489 e. The van der Waals surface area contributed by atoms with E-state index in [1.54, 1.807) is 14.0 Å². The van der Waals surface area contributed by atoms with Gasteiger partial charge in [0.1, 0.15) is 24.2 Å². The van der Waals surface area contributed by atoms with Crippen LogP contribution in [0.2, 0.25) is 0 Å². The topological polar surface area (TPSA) is 35.5 Å². The smallest absolute Gasteiger partial charge is 0.130 e. The van der Waals surface area contributed by atoms with Gasteiger partial charge in [0, 0.05) is 30.1 Å². The Kier molecular flexibility index (Phi) is 35.6. The maximum atomic E-state index is 11.4. The van der Waals surface area contributed by atoms with Gasteiger partial charge in [-0.15, -0.1) is 24.9 Å². The summed E-state index contributed by atoms with van der Waals surface area (Å²) in [5, 5.41) is 2.57. The van der Waals surface area contributed by atoms with Crippen molar-refractivity contribution < 1.29 is 14.3 Å². The van der Waals surface area contributed by atoms with Gasteiger partial charge in [0.15, 0.2) is 0 Å². The summed E-state index contributed by atoms with van der Waals surface area (Å²) in [5.41, 5.74) is 13.3. The van der Waals surface area contributed by atoms with Crippen molar-refractivity contribution in [1.82, 2.24) is 0 Å². The Labute approximate surface area is 543 Å². The van der Waals surface area contributed by atoms with Gasteiger partial charge in [0.2, 0.25) is 0 Å². The fourth-order valence-corrected chi connectivity index (χ4v) is 11.8. The monoisotopic (exact) mass is 1200 g/mol. The van der Waals surface area contributed by atoms with Gasteiger partial charge in [-0.3, -0.25) is 4.79 Å². The average Bonchev–Trinajstić information content (AvgIpc) is 4.24. The summed E-state index contributed by atoms with van der Waals surface area (Å²) in [4.78, 5) is 12.7. The number of benzene rings is 8. The number of carbonyl (C=O) groups is 1. The van der Waals surface area contributed by atoms with Crippen molar-refractivity contribution in [3.8, 4) is 5.75 Å². The number of hydrogen-bond acceptors (Lipinski definition) is 4. The molecular formula is C85H104O3S. The minimum absolute atomic E-state index is 0.0335. The lowest BCUT2D eigenvalue weighted by Crippen LogP contribution is -2.19. The zero-order valence-corrected chi connectivity index (χ0v) is 56.1. The van der Waals surface area contributed by atoms with Crippen LogP contribution >= 0.6 is 11.8 Å². The Morgan fingerprint density at radius 3 is 1.51 bits per heavy atom. The molecule has 3 nitrogen and oxygen atoms in total. The van der Waals surface area contributed by atoms with Crippen molar-refractivity contribution >= 4 is 33.9 Å². The van der Waals surface area contributed by atoms with Crippen LogP contribution in [0, 0.1) is 17.8 Å². The molecule has 468 valence electrons. The molecule has 0 N–H and O–H groups in total. The maximum absolute atomic E-state index is 11.4. The molecule has 89 heavy (non-hydrogen) atoms. The van der Waals surface area contributed by atoms with Crippen molar-refractivity contribution in [2.75, 3.05) is 19.5 Å². The molecule has 0 radical (unpaired) electrons. The lowest BCUT2D eigenvalue weighted by molar-refractivity contribution is -0.117. The molecule has 0 aliphatic heterocycles. The summed E-state index contributed by atoms with van der Waals surface area (Å²) in [5.74, 6) is 5.58. The van der Waals surface area contributed by atoms with E-state index in [9.17, 15) is 4.79 Å². The van der Waals surface area contributed by atoms with Crippen LogP contribution in [0.4, 0.5) is 0 Å². The van der Waals surface area contributed by atoms with Crippen molar-refractivity contribution in [2.24, 2.45) is 17.8 Å². The fourth-order valence-electron chi connectivity index (χ4n) is 11.0. The largest absolute Gasteiger partial charge is 0.489 e. The Balaban J connectivity index is 0.000000223. The maximum Gasteiger partial charge on any atom is 0.130 e. The van der Waals surface area contributed by atoms with Crippen LogP contribution in [0.3, 0.4) is 0 Å². The number of ether oxygens (including phenoxy) is 2. The highest BCUT2D eigenvalue weighted by Crippen LogP contribution is 2.47. The molecule has 4 unspecified atom stereocenters. The number of thioether (sulfide) groups is 1. The second kappa shape index (κ2) is 43.0.